The van der Waals surface area contributed by atoms with Gasteiger partial charge in [-0.1, -0.05) is 18.6 Å². The van der Waals surface area contributed by atoms with Gasteiger partial charge in [-0.05, 0) is 55.6 Å². The van der Waals surface area contributed by atoms with Crippen LogP contribution < -0.4 is 5.73 Å². The number of aryl methyl sites for hydroxylation is 1. The Bertz CT molecular complexity index is 594. The minimum absolute atomic E-state index is 0.280. The van der Waals surface area contributed by atoms with Crippen molar-refractivity contribution in [3.63, 3.8) is 0 Å². The minimum atomic E-state index is -3.24. The number of fused-ring (bicyclic) bond motifs is 2. The second-order valence-electron chi connectivity index (χ2n) is 6.20. The highest BCUT2D eigenvalue weighted by atomic mass is 32.2. The molecule has 0 aromatic heterocycles. The number of hydrogen-bond donors (Lipinski definition) is 1. The molecule has 104 valence electrons. The number of sulfone groups is 1. The summed E-state index contributed by atoms with van der Waals surface area (Å²) in [5.74, 6) is 2.04. The quantitative estimate of drug-likeness (QED) is 0.865. The van der Waals surface area contributed by atoms with E-state index in [4.69, 9.17) is 5.73 Å². The molecule has 4 heteroatoms. The van der Waals surface area contributed by atoms with Crippen LogP contribution in [0.2, 0.25) is 0 Å². The molecular weight excluding hydrogens is 258 g/mol. The van der Waals surface area contributed by atoms with Crippen molar-refractivity contribution >= 4 is 15.5 Å². The van der Waals surface area contributed by atoms with Crippen LogP contribution in [0.1, 0.15) is 31.2 Å². The third-order valence-corrected chi connectivity index (χ3v) is 6.83. The standard InChI is InChI=1S/C15H21NO2S/c1-10-3-2-4-14(15(10)16)19(17,18)9-13-8-11-5-6-12(13)7-11/h2-4,11-13H,5-9,16H2,1H3. The normalized spacial score (nSPS) is 29.8. The Balaban J connectivity index is 1.85. The SMILES string of the molecule is Cc1cccc(S(=O)(=O)CC2CC3CCC2C3)c1N. The van der Waals surface area contributed by atoms with Gasteiger partial charge in [0.05, 0.1) is 16.3 Å². The van der Waals surface area contributed by atoms with E-state index in [9.17, 15) is 8.42 Å². The van der Waals surface area contributed by atoms with Gasteiger partial charge < -0.3 is 5.73 Å². The molecule has 0 spiro atoms. The molecule has 2 saturated carbocycles. The van der Waals surface area contributed by atoms with E-state index in [1.165, 1.54) is 19.3 Å². The van der Waals surface area contributed by atoms with E-state index in [2.05, 4.69) is 0 Å². The van der Waals surface area contributed by atoms with Crippen LogP contribution in [0.25, 0.3) is 0 Å². The average molecular weight is 279 g/mol. The Morgan fingerprint density at radius 2 is 2.05 bits per heavy atom. The molecule has 2 bridgehead atoms. The van der Waals surface area contributed by atoms with Gasteiger partial charge >= 0.3 is 0 Å². The highest BCUT2D eigenvalue weighted by molar-refractivity contribution is 7.91. The van der Waals surface area contributed by atoms with Crippen molar-refractivity contribution in [3.8, 4) is 0 Å². The molecule has 3 atom stereocenters. The number of benzene rings is 1. The molecule has 3 nitrogen and oxygen atoms in total. The number of nitrogen functional groups attached to an aromatic ring is 1. The van der Waals surface area contributed by atoms with Gasteiger partial charge in [0, 0.05) is 0 Å². The second kappa shape index (κ2) is 4.51. The molecule has 2 aliphatic carbocycles. The van der Waals surface area contributed by atoms with E-state index in [0.29, 0.717) is 22.4 Å². The van der Waals surface area contributed by atoms with Crippen molar-refractivity contribution in [2.24, 2.45) is 17.8 Å². The Kier molecular flexibility index (Phi) is 3.08. The van der Waals surface area contributed by atoms with E-state index in [1.54, 1.807) is 12.1 Å². The number of hydrogen-bond acceptors (Lipinski definition) is 3. The van der Waals surface area contributed by atoms with E-state index in [0.717, 1.165) is 17.9 Å². The predicted molar refractivity (Wildman–Crippen MR) is 76.6 cm³/mol. The number of rotatable bonds is 3. The fourth-order valence-corrected chi connectivity index (χ4v) is 5.81. The molecule has 0 radical (unpaired) electrons. The van der Waals surface area contributed by atoms with Crippen molar-refractivity contribution in [1.82, 2.24) is 0 Å². The highest BCUT2D eigenvalue weighted by Gasteiger charge is 2.41. The Hall–Kier alpha value is -1.03. The van der Waals surface area contributed by atoms with Gasteiger partial charge in [-0.2, -0.15) is 0 Å². The summed E-state index contributed by atoms with van der Waals surface area (Å²) in [6.45, 7) is 1.85. The van der Waals surface area contributed by atoms with Gasteiger partial charge in [-0.3, -0.25) is 0 Å². The van der Waals surface area contributed by atoms with Crippen LogP contribution in [-0.4, -0.2) is 14.2 Å². The van der Waals surface area contributed by atoms with E-state index < -0.39 is 9.84 Å². The first kappa shape index (κ1) is 13.0. The topological polar surface area (TPSA) is 60.2 Å². The highest BCUT2D eigenvalue weighted by Crippen LogP contribution is 2.49. The fourth-order valence-electron chi connectivity index (χ4n) is 3.88. The van der Waals surface area contributed by atoms with Crippen molar-refractivity contribution in [3.05, 3.63) is 23.8 Å². The molecule has 2 fully saturated rings. The van der Waals surface area contributed by atoms with Crippen LogP contribution in [0.5, 0.6) is 0 Å². The van der Waals surface area contributed by atoms with E-state index >= 15 is 0 Å². The molecular formula is C15H21NO2S. The predicted octanol–water partition coefficient (Wildman–Crippen LogP) is 2.79. The molecule has 19 heavy (non-hydrogen) atoms. The molecule has 3 unspecified atom stereocenters. The number of nitrogens with two attached hydrogens (primary N) is 1. The zero-order chi connectivity index (χ0) is 13.6. The Labute approximate surface area is 115 Å². The Morgan fingerprint density at radius 1 is 1.26 bits per heavy atom. The van der Waals surface area contributed by atoms with Crippen molar-refractivity contribution in [1.29, 1.82) is 0 Å². The molecule has 1 aromatic carbocycles. The molecule has 0 aliphatic heterocycles. The molecule has 0 saturated heterocycles. The number of anilines is 1. The maximum absolute atomic E-state index is 12.6. The molecule has 1 aromatic rings. The first-order valence-electron chi connectivity index (χ1n) is 7.05. The van der Waals surface area contributed by atoms with Crippen molar-refractivity contribution < 1.29 is 8.42 Å². The van der Waals surface area contributed by atoms with E-state index in [-0.39, 0.29) is 5.75 Å². The summed E-state index contributed by atoms with van der Waals surface area (Å²) >= 11 is 0. The van der Waals surface area contributed by atoms with Crippen LogP contribution >= 0.6 is 0 Å². The monoisotopic (exact) mass is 279 g/mol. The smallest absolute Gasteiger partial charge is 0.180 e. The first-order valence-corrected chi connectivity index (χ1v) is 8.70. The van der Waals surface area contributed by atoms with Gasteiger partial charge in [0.2, 0.25) is 0 Å². The minimum Gasteiger partial charge on any atom is -0.397 e. The summed E-state index contributed by atoms with van der Waals surface area (Å²) in [6.07, 6.45) is 4.85. The fraction of sp³-hybridized carbons (Fsp3) is 0.600. The molecule has 3 rings (SSSR count). The zero-order valence-corrected chi connectivity index (χ0v) is 12.1. The van der Waals surface area contributed by atoms with Crippen LogP contribution in [0.4, 0.5) is 5.69 Å². The lowest BCUT2D eigenvalue weighted by Crippen LogP contribution is -2.22. The Morgan fingerprint density at radius 3 is 2.68 bits per heavy atom. The van der Waals surface area contributed by atoms with Gasteiger partial charge in [-0.15, -0.1) is 0 Å². The summed E-state index contributed by atoms with van der Waals surface area (Å²) in [7, 11) is -3.24. The maximum Gasteiger partial charge on any atom is 0.180 e. The third kappa shape index (κ3) is 2.27. The van der Waals surface area contributed by atoms with Gasteiger partial charge in [0.1, 0.15) is 0 Å². The lowest BCUT2D eigenvalue weighted by molar-refractivity contribution is 0.360. The van der Waals surface area contributed by atoms with Crippen molar-refractivity contribution in [2.75, 3.05) is 11.5 Å². The average Bonchev–Trinajstić information content (AvgIpc) is 2.93. The summed E-state index contributed by atoms with van der Waals surface area (Å²) in [6, 6.07) is 5.27. The summed E-state index contributed by atoms with van der Waals surface area (Å²) in [5.41, 5.74) is 7.20. The lowest BCUT2D eigenvalue weighted by Gasteiger charge is -2.21. The molecule has 0 amide bonds. The summed E-state index contributed by atoms with van der Waals surface area (Å²) in [5, 5.41) is 0. The van der Waals surface area contributed by atoms with E-state index in [1.807, 2.05) is 13.0 Å². The van der Waals surface area contributed by atoms with Crippen LogP contribution in [0, 0.1) is 24.7 Å². The molecule has 2 N–H and O–H groups in total. The molecule has 0 heterocycles. The van der Waals surface area contributed by atoms with Crippen LogP contribution in [0.15, 0.2) is 23.1 Å². The van der Waals surface area contributed by atoms with Gasteiger partial charge in [0.15, 0.2) is 9.84 Å². The lowest BCUT2D eigenvalue weighted by atomic mass is 9.90. The number of para-hydroxylation sites is 1. The summed E-state index contributed by atoms with van der Waals surface area (Å²) in [4.78, 5) is 0.329. The van der Waals surface area contributed by atoms with Crippen LogP contribution in [-0.2, 0) is 9.84 Å². The van der Waals surface area contributed by atoms with Crippen molar-refractivity contribution in [2.45, 2.75) is 37.5 Å². The largest absolute Gasteiger partial charge is 0.397 e. The van der Waals surface area contributed by atoms with Crippen LogP contribution in [0.3, 0.4) is 0 Å². The maximum atomic E-state index is 12.6. The zero-order valence-electron chi connectivity index (χ0n) is 11.3. The van der Waals surface area contributed by atoms with Gasteiger partial charge in [-0.25, -0.2) is 8.42 Å². The summed E-state index contributed by atoms with van der Waals surface area (Å²) < 4.78 is 25.1. The molecule has 2 aliphatic rings. The first-order chi connectivity index (χ1) is 8.97. The van der Waals surface area contributed by atoms with Gasteiger partial charge in [0.25, 0.3) is 0 Å². The second-order valence-corrected chi connectivity index (χ2v) is 8.21. The third-order valence-electron chi connectivity index (χ3n) is 4.94.